The average molecular weight is 380 g/mol. The Kier molecular flexibility index (Phi) is 8.56. The highest BCUT2D eigenvalue weighted by Crippen LogP contribution is 2.14. The topological polar surface area (TPSA) is 79.3 Å². The van der Waals surface area contributed by atoms with Gasteiger partial charge in [0, 0.05) is 20.1 Å². The third kappa shape index (κ3) is 7.86. The molecule has 0 unspecified atom stereocenters. The van der Waals surface area contributed by atoms with Crippen LogP contribution in [-0.4, -0.2) is 65.0 Å². The van der Waals surface area contributed by atoms with Crippen LogP contribution in [0.25, 0.3) is 0 Å². The standard InChI is InChI=1S/C20H32N2O5/c1-7-22(19(25)26-14-16-11-9-8-10-12-16)13-17(15(2)23)21(6)18(24)27-20(3,4)5/h8-12,15,17,23H,7,13-14H2,1-6H3/t15-,17+/m0/s1. The second-order valence-electron chi connectivity index (χ2n) is 7.48. The molecule has 7 nitrogen and oxygen atoms in total. The second-order valence-corrected chi connectivity index (χ2v) is 7.48. The molecular formula is C20H32N2O5. The Morgan fingerprint density at radius 1 is 1.15 bits per heavy atom. The molecule has 1 rings (SSSR count). The number of aliphatic hydroxyl groups excluding tert-OH is 1. The molecule has 0 saturated carbocycles. The van der Waals surface area contributed by atoms with Crippen molar-refractivity contribution in [3.63, 3.8) is 0 Å². The van der Waals surface area contributed by atoms with Gasteiger partial charge in [0.05, 0.1) is 12.1 Å². The van der Waals surface area contributed by atoms with E-state index < -0.39 is 29.9 Å². The number of rotatable bonds is 7. The molecule has 2 amide bonds. The fourth-order valence-electron chi connectivity index (χ4n) is 2.44. The summed E-state index contributed by atoms with van der Waals surface area (Å²) in [5, 5.41) is 10.1. The minimum Gasteiger partial charge on any atom is -0.445 e. The van der Waals surface area contributed by atoms with Crippen molar-refractivity contribution in [2.75, 3.05) is 20.1 Å². The lowest BCUT2D eigenvalue weighted by atomic mass is 10.1. The number of likely N-dealkylation sites (N-methyl/N-ethyl adjacent to an activating group) is 2. The molecule has 0 aliphatic rings. The summed E-state index contributed by atoms with van der Waals surface area (Å²) in [7, 11) is 1.55. The van der Waals surface area contributed by atoms with Crippen LogP contribution in [0, 0.1) is 0 Å². The van der Waals surface area contributed by atoms with Crippen molar-refractivity contribution in [1.82, 2.24) is 9.80 Å². The van der Waals surface area contributed by atoms with Crippen LogP contribution < -0.4 is 0 Å². The SMILES string of the molecule is CCN(C[C@H]([C@H](C)O)N(C)C(=O)OC(C)(C)C)C(=O)OCc1ccccc1. The Bertz CT molecular complexity index is 598. The van der Waals surface area contributed by atoms with Gasteiger partial charge in [-0.3, -0.25) is 0 Å². The van der Waals surface area contributed by atoms with Gasteiger partial charge in [0.25, 0.3) is 0 Å². The van der Waals surface area contributed by atoms with Crippen LogP contribution in [0.2, 0.25) is 0 Å². The lowest BCUT2D eigenvalue weighted by Crippen LogP contribution is -2.52. The van der Waals surface area contributed by atoms with E-state index in [0.717, 1.165) is 5.56 Å². The number of benzene rings is 1. The summed E-state index contributed by atoms with van der Waals surface area (Å²) >= 11 is 0. The fraction of sp³-hybridized carbons (Fsp3) is 0.600. The van der Waals surface area contributed by atoms with E-state index in [1.807, 2.05) is 37.3 Å². The van der Waals surface area contributed by atoms with Crippen molar-refractivity contribution < 1.29 is 24.2 Å². The van der Waals surface area contributed by atoms with Gasteiger partial charge in [-0.05, 0) is 40.2 Å². The van der Waals surface area contributed by atoms with Crippen LogP contribution in [0.15, 0.2) is 30.3 Å². The maximum atomic E-state index is 12.4. The van der Waals surface area contributed by atoms with Crippen LogP contribution in [0.3, 0.4) is 0 Å². The van der Waals surface area contributed by atoms with E-state index in [1.165, 1.54) is 9.80 Å². The maximum Gasteiger partial charge on any atom is 0.410 e. The van der Waals surface area contributed by atoms with E-state index in [2.05, 4.69) is 0 Å². The van der Waals surface area contributed by atoms with Gasteiger partial charge >= 0.3 is 12.2 Å². The van der Waals surface area contributed by atoms with Crippen molar-refractivity contribution in [3.8, 4) is 0 Å². The summed E-state index contributed by atoms with van der Waals surface area (Å²) in [6.45, 7) is 9.40. The van der Waals surface area contributed by atoms with Crippen LogP contribution in [-0.2, 0) is 16.1 Å². The third-order valence-electron chi connectivity index (χ3n) is 3.99. The molecule has 0 fully saturated rings. The molecule has 2 atom stereocenters. The van der Waals surface area contributed by atoms with Crippen molar-refractivity contribution in [3.05, 3.63) is 35.9 Å². The molecule has 7 heteroatoms. The monoisotopic (exact) mass is 380 g/mol. The van der Waals surface area contributed by atoms with Gasteiger partial charge in [-0.1, -0.05) is 30.3 Å². The molecule has 0 bridgehead atoms. The predicted molar refractivity (Wildman–Crippen MR) is 103 cm³/mol. The minimum atomic E-state index is -0.849. The van der Waals surface area contributed by atoms with E-state index in [1.54, 1.807) is 34.7 Å². The summed E-state index contributed by atoms with van der Waals surface area (Å²) in [5.41, 5.74) is 0.244. The molecule has 152 valence electrons. The van der Waals surface area contributed by atoms with E-state index >= 15 is 0 Å². The zero-order chi connectivity index (χ0) is 20.6. The number of amides is 2. The van der Waals surface area contributed by atoms with Gasteiger partial charge in [0.15, 0.2) is 0 Å². The average Bonchev–Trinajstić information content (AvgIpc) is 2.59. The summed E-state index contributed by atoms with van der Waals surface area (Å²) < 4.78 is 10.7. The van der Waals surface area contributed by atoms with Crippen molar-refractivity contribution >= 4 is 12.2 Å². The number of nitrogens with zero attached hydrogens (tertiary/aromatic N) is 2. The number of carbonyl (C=O) groups excluding carboxylic acids is 2. The first-order valence-corrected chi connectivity index (χ1v) is 9.14. The zero-order valence-electron chi connectivity index (χ0n) is 17.1. The molecule has 0 aromatic heterocycles. The quantitative estimate of drug-likeness (QED) is 0.785. The molecule has 0 aliphatic heterocycles. The van der Waals surface area contributed by atoms with Gasteiger partial charge in [-0.15, -0.1) is 0 Å². The Balaban J connectivity index is 2.74. The third-order valence-corrected chi connectivity index (χ3v) is 3.99. The molecule has 27 heavy (non-hydrogen) atoms. The molecule has 1 aromatic rings. The molecular weight excluding hydrogens is 348 g/mol. The number of hydrogen-bond acceptors (Lipinski definition) is 5. The lowest BCUT2D eigenvalue weighted by molar-refractivity contribution is -0.00260. The Morgan fingerprint density at radius 3 is 2.22 bits per heavy atom. The largest absolute Gasteiger partial charge is 0.445 e. The summed E-state index contributed by atoms with van der Waals surface area (Å²) in [4.78, 5) is 27.5. The van der Waals surface area contributed by atoms with Crippen LogP contribution in [0.4, 0.5) is 9.59 Å². The molecule has 0 spiro atoms. The molecule has 0 radical (unpaired) electrons. The summed E-state index contributed by atoms with van der Waals surface area (Å²) in [6.07, 6.45) is -1.90. The van der Waals surface area contributed by atoms with Crippen molar-refractivity contribution in [2.24, 2.45) is 0 Å². The number of aliphatic hydroxyl groups is 1. The van der Waals surface area contributed by atoms with Gasteiger partial charge in [0.2, 0.25) is 0 Å². The first kappa shape index (κ1) is 22.8. The normalized spacial score (nSPS) is 13.4. The summed E-state index contributed by atoms with van der Waals surface area (Å²) in [5.74, 6) is 0. The van der Waals surface area contributed by atoms with Crippen molar-refractivity contribution in [1.29, 1.82) is 0 Å². The van der Waals surface area contributed by atoms with Crippen molar-refractivity contribution in [2.45, 2.75) is 59.0 Å². The highest BCUT2D eigenvalue weighted by molar-refractivity contribution is 5.69. The fourth-order valence-corrected chi connectivity index (χ4v) is 2.44. The second kappa shape index (κ2) is 10.2. The summed E-state index contributed by atoms with van der Waals surface area (Å²) in [6, 6.07) is 8.77. The number of ether oxygens (including phenoxy) is 2. The number of hydrogen-bond donors (Lipinski definition) is 1. The zero-order valence-corrected chi connectivity index (χ0v) is 17.1. The van der Waals surface area contributed by atoms with Gasteiger partial charge in [-0.2, -0.15) is 0 Å². The Hall–Kier alpha value is -2.28. The van der Waals surface area contributed by atoms with Gasteiger partial charge < -0.3 is 24.4 Å². The molecule has 1 aromatic carbocycles. The molecule has 0 saturated heterocycles. The van der Waals surface area contributed by atoms with E-state index in [9.17, 15) is 14.7 Å². The first-order chi connectivity index (χ1) is 12.5. The molecule has 1 N–H and O–H groups in total. The Labute approximate surface area is 161 Å². The van der Waals surface area contributed by atoms with E-state index in [-0.39, 0.29) is 13.2 Å². The van der Waals surface area contributed by atoms with Crippen LogP contribution >= 0.6 is 0 Å². The molecule has 0 aliphatic carbocycles. The highest BCUT2D eigenvalue weighted by Gasteiger charge is 2.31. The van der Waals surface area contributed by atoms with E-state index in [0.29, 0.717) is 6.54 Å². The van der Waals surface area contributed by atoms with Crippen LogP contribution in [0.5, 0.6) is 0 Å². The maximum absolute atomic E-state index is 12.4. The highest BCUT2D eigenvalue weighted by atomic mass is 16.6. The number of carbonyl (C=O) groups is 2. The smallest absolute Gasteiger partial charge is 0.410 e. The minimum absolute atomic E-state index is 0.136. The Morgan fingerprint density at radius 2 is 1.74 bits per heavy atom. The van der Waals surface area contributed by atoms with Gasteiger partial charge in [-0.25, -0.2) is 9.59 Å². The lowest BCUT2D eigenvalue weighted by Gasteiger charge is -2.35. The van der Waals surface area contributed by atoms with E-state index in [4.69, 9.17) is 9.47 Å². The van der Waals surface area contributed by atoms with Gasteiger partial charge in [0.1, 0.15) is 12.2 Å². The molecule has 0 heterocycles. The predicted octanol–water partition coefficient (Wildman–Crippen LogP) is 3.26. The first-order valence-electron chi connectivity index (χ1n) is 9.14. The van der Waals surface area contributed by atoms with Crippen LogP contribution in [0.1, 0.15) is 40.2 Å².